The van der Waals surface area contributed by atoms with E-state index >= 15 is 0 Å². The number of piperazine rings is 1. The maximum Gasteiger partial charge on any atom is 0.255 e. The number of ether oxygens (including phenoxy) is 1. The lowest BCUT2D eigenvalue weighted by Gasteiger charge is -2.35. The van der Waals surface area contributed by atoms with Gasteiger partial charge in [-0.2, -0.15) is 0 Å². The molecule has 0 aliphatic carbocycles. The quantitative estimate of drug-likeness (QED) is 0.690. The third-order valence-corrected chi connectivity index (χ3v) is 5.32. The molecule has 6 nitrogen and oxygen atoms in total. The summed E-state index contributed by atoms with van der Waals surface area (Å²) in [7, 11) is 1.62. The summed E-state index contributed by atoms with van der Waals surface area (Å²) in [5, 5.41) is 0.901. The molecule has 0 spiro atoms. The minimum Gasteiger partial charge on any atom is -0.497 e. The number of benzene rings is 2. The van der Waals surface area contributed by atoms with Gasteiger partial charge in [-0.15, -0.1) is 0 Å². The van der Waals surface area contributed by atoms with Gasteiger partial charge in [-0.05, 0) is 37.3 Å². The van der Waals surface area contributed by atoms with Crippen LogP contribution in [0.25, 0.3) is 10.9 Å². The smallest absolute Gasteiger partial charge is 0.255 e. The van der Waals surface area contributed by atoms with E-state index in [4.69, 9.17) is 4.74 Å². The van der Waals surface area contributed by atoms with Crippen LogP contribution in [0.1, 0.15) is 26.4 Å². The lowest BCUT2D eigenvalue weighted by atomic mass is 10.1. The molecule has 1 aromatic heterocycles. The Bertz CT molecular complexity index is 1060. The third kappa shape index (κ3) is 3.78. The van der Waals surface area contributed by atoms with Crippen LogP contribution in [0.15, 0.2) is 54.6 Å². The number of carbonyl (C=O) groups excluding carboxylic acids is 2. The molecule has 148 valence electrons. The molecule has 0 N–H and O–H groups in total. The Morgan fingerprint density at radius 1 is 0.897 bits per heavy atom. The molecule has 1 saturated heterocycles. The van der Waals surface area contributed by atoms with Gasteiger partial charge < -0.3 is 14.5 Å². The summed E-state index contributed by atoms with van der Waals surface area (Å²) in [6.07, 6.45) is 0. The first kappa shape index (κ1) is 18.9. The zero-order valence-corrected chi connectivity index (χ0v) is 16.6. The van der Waals surface area contributed by atoms with Gasteiger partial charge in [0.05, 0.1) is 23.9 Å². The van der Waals surface area contributed by atoms with E-state index in [9.17, 15) is 9.59 Å². The molecule has 6 heteroatoms. The maximum atomic E-state index is 13.1. The van der Waals surface area contributed by atoms with Gasteiger partial charge in [0.1, 0.15) is 5.75 Å². The summed E-state index contributed by atoms with van der Waals surface area (Å²) in [5.74, 6) is 0.706. The molecule has 0 bridgehead atoms. The number of hydrogen-bond acceptors (Lipinski definition) is 4. The van der Waals surface area contributed by atoms with E-state index in [1.807, 2.05) is 61.5 Å². The first-order valence-electron chi connectivity index (χ1n) is 9.66. The van der Waals surface area contributed by atoms with Crippen LogP contribution in [0.3, 0.4) is 0 Å². The highest BCUT2D eigenvalue weighted by Gasteiger charge is 2.26. The largest absolute Gasteiger partial charge is 0.497 e. The molecular formula is C23H23N3O3. The van der Waals surface area contributed by atoms with Crippen molar-refractivity contribution in [1.29, 1.82) is 0 Å². The fourth-order valence-electron chi connectivity index (χ4n) is 3.63. The number of fused-ring (bicyclic) bond motifs is 1. The number of rotatable bonds is 3. The monoisotopic (exact) mass is 389 g/mol. The van der Waals surface area contributed by atoms with Gasteiger partial charge >= 0.3 is 0 Å². The molecule has 1 fully saturated rings. The summed E-state index contributed by atoms with van der Waals surface area (Å²) in [6, 6.07) is 16.8. The van der Waals surface area contributed by atoms with E-state index in [1.165, 1.54) is 0 Å². The Balaban J connectivity index is 1.48. The van der Waals surface area contributed by atoms with Crippen molar-refractivity contribution >= 4 is 22.7 Å². The molecule has 2 aromatic carbocycles. The van der Waals surface area contributed by atoms with Gasteiger partial charge in [0.25, 0.3) is 11.8 Å². The van der Waals surface area contributed by atoms with Crippen molar-refractivity contribution in [2.24, 2.45) is 0 Å². The van der Waals surface area contributed by atoms with Gasteiger partial charge in [-0.3, -0.25) is 14.6 Å². The average molecular weight is 389 g/mol. The van der Waals surface area contributed by atoms with Crippen molar-refractivity contribution in [3.63, 3.8) is 0 Å². The lowest BCUT2D eigenvalue weighted by Crippen LogP contribution is -2.50. The summed E-state index contributed by atoms with van der Waals surface area (Å²) < 4.78 is 5.25. The van der Waals surface area contributed by atoms with Crippen molar-refractivity contribution in [1.82, 2.24) is 14.8 Å². The van der Waals surface area contributed by atoms with Crippen LogP contribution < -0.4 is 4.74 Å². The van der Waals surface area contributed by atoms with Gasteiger partial charge in [0, 0.05) is 43.2 Å². The third-order valence-electron chi connectivity index (χ3n) is 5.32. The Morgan fingerprint density at radius 3 is 2.21 bits per heavy atom. The predicted octanol–water partition coefficient (Wildman–Crippen LogP) is 3.15. The Hall–Kier alpha value is -3.41. The molecule has 0 atom stereocenters. The summed E-state index contributed by atoms with van der Waals surface area (Å²) >= 11 is 0. The van der Waals surface area contributed by atoms with Crippen LogP contribution in [-0.4, -0.2) is 59.9 Å². The summed E-state index contributed by atoms with van der Waals surface area (Å²) in [4.78, 5) is 33.9. The molecule has 0 radical (unpaired) electrons. The second-order valence-electron chi connectivity index (χ2n) is 7.13. The number of pyridine rings is 1. The predicted molar refractivity (Wildman–Crippen MR) is 111 cm³/mol. The lowest BCUT2D eigenvalue weighted by molar-refractivity contribution is 0.0535. The first-order valence-corrected chi connectivity index (χ1v) is 9.66. The molecule has 3 aromatic rings. The number of amides is 2. The number of nitrogens with zero attached hydrogens (tertiary/aromatic N) is 3. The zero-order valence-electron chi connectivity index (χ0n) is 16.6. The zero-order chi connectivity index (χ0) is 20.4. The molecule has 0 unspecified atom stereocenters. The minimum atomic E-state index is -0.0421. The normalized spacial score (nSPS) is 14.1. The second-order valence-corrected chi connectivity index (χ2v) is 7.13. The summed E-state index contributed by atoms with van der Waals surface area (Å²) in [5.41, 5.74) is 2.78. The minimum absolute atomic E-state index is 0.00944. The van der Waals surface area contributed by atoms with E-state index in [0.29, 0.717) is 43.0 Å². The van der Waals surface area contributed by atoms with Gasteiger partial charge in [0.2, 0.25) is 0 Å². The fourth-order valence-corrected chi connectivity index (χ4v) is 3.63. The van der Waals surface area contributed by atoms with Crippen LogP contribution in [0.2, 0.25) is 0 Å². The molecule has 29 heavy (non-hydrogen) atoms. The van der Waals surface area contributed by atoms with Gasteiger partial charge in [-0.25, -0.2) is 0 Å². The van der Waals surface area contributed by atoms with Crippen LogP contribution in [0.4, 0.5) is 0 Å². The van der Waals surface area contributed by atoms with Crippen molar-refractivity contribution in [2.45, 2.75) is 6.92 Å². The van der Waals surface area contributed by atoms with Crippen LogP contribution in [0, 0.1) is 6.92 Å². The van der Waals surface area contributed by atoms with Crippen molar-refractivity contribution in [2.75, 3.05) is 33.3 Å². The van der Waals surface area contributed by atoms with Crippen LogP contribution in [0.5, 0.6) is 5.75 Å². The van der Waals surface area contributed by atoms with E-state index in [1.54, 1.807) is 16.9 Å². The fraction of sp³-hybridized carbons (Fsp3) is 0.261. The topological polar surface area (TPSA) is 62.7 Å². The number of hydrogen-bond donors (Lipinski definition) is 0. The standard InChI is InChI=1S/C23H23N3O3/c1-16-20(14-18-8-9-19(29-2)15-21(18)24-16)23(28)26-12-10-25(11-13-26)22(27)17-6-4-3-5-7-17/h3-9,14-15H,10-13H2,1-2H3. The molecule has 2 heterocycles. The highest BCUT2D eigenvalue weighted by Crippen LogP contribution is 2.23. The van der Waals surface area contributed by atoms with E-state index in [0.717, 1.165) is 16.7 Å². The van der Waals surface area contributed by atoms with E-state index in [2.05, 4.69) is 4.98 Å². The molecular weight excluding hydrogens is 366 g/mol. The Kier molecular flexibility index (Phi) is 5.16. The van der Waals surface area contributed by atoms with Gasteiger partial charge in [0.15, 0.2) is 0 Å². The number of aryl methyl sites for hydroxylation is 1. The van der Waals surface area contributed by atoms with Gasteiger partial charge in [-0.1, -0.05) is 18.2 Å². The first-order chi connectivity index (χ1) is 14.1. The SMILES string of the molecule is COc1ccc2cc(C(=O)N3CCN(C(=O)c4ccccc4)CC3)c(C)nc2c1. The maximum absolute atomic E-state index is 13.1. The molecule has 1 aliphatic heterocycles. The average Bonchev–Trinajstić information content (AvgIpc) is 2.78. The van der Waals surface area contributed by atoms with Crippen LogP contribution >= 0.6 is 0 Å². The highest BCUT2D eigenvalue weighted by molar-refractivity contribution is 5.99. The second kappa shape index (κ2) is 7.91. The molecule has 2 amide bonds. The number of carbonyl (C=O) groups is 2. The number of methoxy groups -OCH3 is 1. The highest BCUT2D eigenvalue weighted by atomic mass is 16.5. The van der Waals surface area contributed by atoms with Crippen molar-refractivity contribution < 1.29 is 14.3 Å². The Labute approximate surface area is 169 Å². The Morgan fingerprint density at radius 2 is 1.55 bits per heavy atom. The number of aromatic nitrogens is 1. The van der Waals surface area contributed by atoms with Crippen LogP contribution in [-0.2, 0) is 0 Å². The summed E-state index contributed by atoms with van der Waals surface area (Å²) in [6.45, 7) is 3.92. The molecule has 4 rings (SSSR count). The van der Waals surface area contributed by atoms with Crippen molar-refractivity contribution in [3.05, 3.63) is 71.4 Å². The van der Waals surface area contributed by atoms with E-state index < -0.39 is 0 Å². The van der Waals surface area contributed by atoms with E-state index in [-0.39, 0.29) is 11.8 Å². The van der Waals surface area contributed by atoms with Crippen molar-refractivity contribution in [3.8, 4) is 5.75 Å². The molecule has 0 saturated carbocycles. The molecule has 1 aliphatic rings.